The number of aliphatic hydroxyl groups excluding tert-OH is 1. The number of hydrogen-bond donors (Lipinski definition) is 2. The number of aromatic carboxylic acids is 1. The molecule has 0 aromatic heterocycles. The van der Waals surface area contributed by atoms with Crippen LogP contribution in [-0.4, -0.2) is 39.9 Å². The third kappa shape index (κ3) is 3.78. The molecular weight excluding hydrogens is 386 g/mol. The van der Waals surface area contributed by atoms with Crippen molar-refractivity contribution in [2.24, 2.45) is 5.92 Å². The molecular formula is C23H23NO6. The van der Waals surface area contributed by atoms with E-state index in [0.717, 1.165) is 0 Å². The average molecular weight is 409 g/mol. The molecule has 7 heteroatoms. The Kier molecular flexibility index (Phi) is 5.91. The fourth-order valence-corrected chi connectivity index (χ4v) is 3.54. The first kappa shape index (κ1) is 21.1. The SMILES string of the molecule is COc1ccccc1C1C(C(=O)C(C)C)=C(O)C(=O)N1Cc1ccc(C(=O)O)cc1. The van der Waals surface area contributed by atoms with Crippen molar-refractivity contribution in [2.75, 3.05) is 7.11 Å². The maximum atomic E-state index is 12.9. The van der Waals surface area contributed by atoms with Gasteiger partial charge in [0.25, 0.3) is 5.91 Å². The molecule has 0 fully saturated rings. The number of carboxylic acid groups (broad SMARTS) is 1. The number of carboxylic acids is 1. The van der Waals surface area contributed by atoms with Gasteiger partial charge in [-0.05, 0) is 23.8 Å². The summed E-state index contributed by atoms with van der Waals surface area (Å²) in [6, 6.07) is 12.3. The van der Waals surface area contributed by atoms with Gasteiger partial charge in [0.15, 0.2) is 11.5 Å². The highest BCUT2D eigenvalue weighted by Crippen LogP contribution is 2.42. The van der Waals surface area contributed by atoms with Gasteiger partial charge in [0.1, 0.15) is 5.75 Å². The van der Waals surface area contributed by atoms with Crippen LogP contribution < -0.4 is 4.74 Å². The quantitative estimate of drug-likeness (QED) is 0.725. The van der Waals surface area contributed by atoms with Crippen molar-refractivity contribution in [3.8, 4) is 5.75 Å². The Morgan fingerprint density at radius 1 is 1.10 bits per heavy atom. The lowest BCUT2D eigenvalue weighted by Gasteiger charge is -2.28. The van der Waals surface area contributed by atoms with Gasteiger partial charge in [0, 0.05) is 18.0 Å². The van der Waals surface area contributed by atoms with Crippen LogP contribution in [0.3, 0.4) is 0 Å². The third-order valence-electron chi connectivity index (χ3n) is 5.08. The summed E-state index contributed by atoms with van der Waals surface area (Å²) in [6.07, 6.45) is 0. The zero-order valence-corrected chi connectivity index (χ0v) is 17.0. The van der Waals surface area contributed by atoms with E-state index in [2.05, 4.69) is 0 Å². The predicted octanol–water partition coefficient (Wildman–Crippen LogP) is 3.51. The zero-order valence-electron chi connectivity index (χ0n) is 17.0. The minimum Gasteiger partial charge on any atom is -0.503 e. The van der Waals surface area contributed by atoms with Gasteiger partial charge in [-0.3, -0.25) is 9.59 Å². The number of benzene rings is 2. The topological polar surface area (TPSA) is 104 Å². The first-order chi connectivity index (χ1) is 14.3. The number of carbonyl (C=O) groups is 3. The van der Waals surface area contributed by atoms with E-state index in [4.69, 9.17) is 9.84 Å². The summed E-state index contributed by atoms with van der Waals surface area (Å²) in [7, 11) is 1.50. The van der Waals surface area contributed by atoms with Crippen LogP contribution in [0.25, 0.3) is 0 Å². The maximum Gasteiger partial charge on any atom is 0.335 e. The molecule has 3 rings (SSSR count). The van der Waals surface area contributed by atoms with E-state index in [1.54, 1.807) is 50.2 Å². The monoisotopic (exact) mass is 409 g/mol. The molecule has 2 aromatic rings. The summed E-state index contributed by atoms with van der Waals surface area (Å²) < 4.78 is 5.44. The van der Waals surface area contributed by atoms with E-state index in [1.165, 1.54) is 24.1 Å². The smallest absolute Gasteiger partial charge is 0.335 e. The molecule has 2 N–H and O–H groups in total. The summed E-state index contributed by atoms with van der Waals surface area (Å²) >= 11 is 0. The van der Waals surface area contributed by atoms with E-state index in [-0.39, 0.29) is 23.5 Å². The number of carbonyl (C=O) groups excluding carboxylic acids is 2. The molecule has 30 heavy (non-hydrogen) atoms. The van der Waals surface area contributed by atoms with Crippen LogP contribution in [0.15, 0.2) is 59.9 Å². The molecule has 2 aromatic carbocycles. The summed E-state index contributed by atoms with van der Waals surface area (Å²) in [5.41, 5.74) is 1.42. The van der Waals surface area contributed by atoms with Gasteiger partial charge >= 0.3 is 5.97 Å². The van der Waals surface area contributed by atoms with Crippen molar-refractivity contribution < 1.29 is 29.3 Å². The number of para-hydroxylation sites is 1. The lowest BCUT2D eigenvalue weighted by molar-refractivity contribution is -0.130. The molecule has 1 unspecified atom stereocenters. The Morgan fingerprint density at radius 3 is 2.30 bits per heavy atom. The zero-order chi connectivity index (χ0) is 22.0. The van der Waals surface area contributed by atoms with E-state index in [0.29, 0.717) is 16.9 Å². The predicted molar refractivity (Wildman–Crippen MR) is 109 cm³/mol. The van der Waals surface area contributed by atoms with E-state index in [1.807, 2.05) is 0 Å². The molecule has 1 aliphatic heterocycles. The molecule has 1 amide bonds. The highest BCUT2D eigenvalue weighted by Gasteiger charge is 2.44. The van der Waals surface area contributed by atoms with Crippen LogP contribution in [0.2, 0.25) is 0 Å². The van der Waals surface area contributed by atoms with Gasteiger partial charge in [0.05, 0.1) is 24.3 Å². The normalized spacial score (nSPS) is 16.3. The summed E-state index contributed by atoms with van der Waals surface area (Å²) in [6.45, 7) is 3.50. The maximum absolute atomic E-state index is 12.9. The Balaban J connectivity index is 2.07. The Hall–Kier alpha value is -3.61. The molecule has 0 aliphatic carbocycles. The number of hydrogen-bond acceptors (Lipinski definition) is 5. The third-order valence-corrected chi connectivity index (χ3v) is 5.08. The number of ether oxygens (including phenoxy) is 1. The molecule has 1 heterocycles. The van der Waals surface area contributed by atoms with Crippen molar-refractivity contribution in [3.05, 3.63) is 76.6 Å². The largest absolute Gasteiger partial charge is 0.503 e. The summed E-state index contributed by atoms with van der Waals surface area (Å²) in [5, 5.41) is 19.7. The molecule has 0 saturated heterocycles. The molecule has 0 saturated carbocycles. The van der Waals surface area contributed by atoms with Crippen molar-refractivity contribution in [2.45, 2.75) is 26.4 Å². The van der Waals surface area contributed by atoms with Crippen LogP contribution in [-0.2, 0) is 16.1 Å². The van der Waals surface area contributed by atoms with Crippen LogP contribution in [0.5, 0.6) is 5.75 Å². The molecule has 0 radical (unpaired) electrons. The average Bonchev–Trinajstić information content (AvgIpc) is 2.98. The molecule has 7 nitrogen and oxygen atoms in total. The van der Waals surface area contributed by atoms with E-state index >= 15 is 0 Å². The highest BCUT2D eigenvalue weighted by atomic mass is 16.5. The molecule has 1 atom stereocenters. The standard InChI is InChI=1S/C23H23NO6/c1-13(2)20(25)18-19(16-6-4-5-7-17(16)30-3)24(22(27)21(18)26)12-14-8-10-15(11-9-14)23(28)29/h4-11,13,19,26H,12H2,1-3H3,(H,28,29). The van der Waals surface area contributed by atoms with Crippen molar-refractivity contribution in [3.63, 3.8) is 0 Å². The van der Waals surface area contributed by atoms with Crippen molar-refractivity contribution >= 4 is 17.7 Å². The van der Waals surface area contributed by atoms with Crippen molar-refractivity contribution in [1.29, 1.82) is 0 Å². The van der Waals surface area contributed by atoms with E-state index < -0.39 is 29.6 Å². The second-order valence-electron chi connectivity index (χ2n) is 7.36. The first-order valence-electron chi connectivity index (χ1n) is 9.49. The van der Waals surface area contributed by atoms with Gasteiger partial charge in [-0.1, -0.05) is 44.2 Å². The van der Waals surface area contributed by atoms with Crippen LogP contribution in [0.4, 0.5) is 0 Å². The minimum atomic E-state index is -1.05. The second kappa shape index (κ2) is 8.41. The highest BCUT2D eigenvalue weighted by molar-refractivity contribution is 6.09. The van der Waals surface area contributed by atoms with Gasteiger partial charge < -0.3 is 19.8 Å². The number of ketones is 1. The van der Waals surface area contributed by atoms with Crippen LogP contribution in [0.1, 0.15) is 41.4 Å². The van der Waals surface area contributed by atoms with Crippen molar-refractivity contribution in [1.82, 2.24) is 4.90 Å². The van der Waals surface area contributed by atoms with Gasteiger partial charge in [-0.25, -0.2) is 4.79 Å². The Labute approximate surface area is 174 Å². The molecule has 1 aliphatic rings. The van der Waals surface area contributed by atoms with Crippen LogP contribution >= 0.6 is 0 Å². The fourth-order valence-electron chi connectivity index (χ4n) is 3.54. The Bertz CT molecular complexity index is 1020. The molecule has 0 spiro atoms. The number of rotatable bonds is 7. The number of amides is 1. The Morgan fingerprint density at radius 2 is 1.73 bits per heavy atom. The number of Topliss-reactive ketones (excluding diaryl/α,β-unsaturated/α-hetero) is 1. The second-order valence-corrected chi connectivity index (χ2v) is 7.36. The molecule has 0 bridgehead atoms. The number of aliphatic hydroxyl groups is 1. The van der Waals surface area contributed by atoms with Gasteiger partial charge in [0.2, 0.25) is 0 Å². The minimum absolute atomic E-state index is 0.0432. The lowest BCUT2D eigenvalue weighted by Crippen LogP contribution is -2.31. The van der Waals surface area contributed by atoms with Gasteiger partial charge in [-0.2, -0.15) is 0 Å². The number of nitrogens with zero attached hydrogens (tertiary/aromatic N) is 1. The lowest BCUT2D eigenvalue weighted by atomic mass is 9.90. The number of methoxy groups -OCH3 is 1. The van der Waals surface area contributed by atoms with Gasteiger partial charge in [-0.15, -0.1) is 0 Å². The van der Waals surface area contributed by atoms with E-state index in [9.17, 15) is 19.5 Å². The summed E-state index contributed by atoms with van der Waals surface area (Å²) in [5.74, 6) is -2.51. The first-order valence-corrected chi connectivity index (χ1v) is 9.49. The van der Waals surface area contributed by atoms with Crippen LogP contribution in [0, 0.1) is 5.92 Å². The fraction of sp³-hybridized carbons (Fsp3) is 0.261. The summed E-state index contributed by atoms with van der Waals surface area (Å²) in [4.78, 5) is 38.3. The molecule has 156 valence electrons.